The molecule has 1 heterocycles. The van der Waals surface area contributed by atoms with Gasteiger partial charge in [-0.1, -0.05) is 5.16 Å². The number of nitrogens with zero attached hydrogens (tertiary/aromatic N) is 2. The fourth-order valence-corrected chi connectivity index (χ4v) is 1.01. The number of amidine groups is 1. The van der Waals surface area contributed by atoms with Crippen molar-refractivity contribution in [3.8, 4) is 0 Å². The van der Waals surface area contributed by atoms with Crippen LogP contribution in [0, 0.1) is 6.92 Å². The minimum Gasteiger partial charge on any atom is -0.409 e. The van der Waals surface area contributed by atoms with Gasteiger partial charge in [-0.2, -0.15) is 5.10 Å². The second kappa shape index (κ2) is 4.99. The van der Waals surface area contributed by atoms with E-state index in [4.69, 9.17) is 10.9 Å². The van der Waals surface area contributed by atoms with E-state index in [-0.39, 0.29) is 18.2 Å². The van der Waals surface area contributed by atoms with Gasteiger partial charge >= 0.3 is 0 Å². The smallest absolute Gasteiger partial charge is 0.227 e. The number of carbonyl (C=O) groups is 1. The zero-order chi connectivity index (χ0) is 11.3. The molecule has 15 heavy (non-hydrogen) atoms. The molecule has 0 aliphatic rings. The average Bonchev–Trinajstić information content (AvgIpc) is 2.61. The fourth-order valence-electron chi connectivity index (χ4n) is 1.01. The number of nitrogens with one attached hydrogen (secondary N) is 2. The van der Waals surface area contributed by atoms with Gasteiger partial charge in [0.2, 0.25) is 5.91 Å². The molecule has 5 N–H and O–H groups in total. The molecule has 7 heteroatoms. The van der Waals surface area contributed by atoms with E-state index in [1.165, 1.54) is 0 Å². The summed E-state index contributed by atoms with van der Waals surface area (Å²) < 4.78 is 0. The Labute approximate surface area is 86.3 Å². The number of oxime groups is 1. The molecule has 7 nitrogen and oxygen atoms in total. The molecule has 0 unspecified atom stereocenters. The van der Waals surface area contributed by atoms with Crippen LogP contribution in [0.1, 0.15) is 17.7 Å². The lowest BCUT2D eigenvalue weighted by Crippen LogP contribution is -2.28. The Morgan fingerprint density at radius 1 is 1.80 bits per heavy atom. The van der Waals surface area contributed by atoms with Crippen molar-refractivity contribution in [1.82, 2.24) is 15.5 Å². The highest BCUT2D eigenvalue weighted by Gasteiger charge is 2.06. The number of hydrogen-bond donors (Lipinski definition) is 4. The van der Waals surface area contributed by atoms with Crippen LogP contribution < -0.4 is 11.1 Å². The number of aromatic nitrogens is 2. The third kappa shape index (κ3) is 3.29. The van der Waals surface area contributed by atoms with Gasteiger partial charge in [0, 0.05) is 17.8 Å². The van der Waals surface area contributed by atoms with Gasteiger partial charge in [0.15, 0.2) is 0 Å². The van der Waals surface area contributed by atoms with E-state index in [1.807, 2.05) is 6.92 Å². The Morgan fingerprint density at radius 3 is 3.07 bits per heavy atom. The average molecular weight is 211 g/mol. The van der Waals surface area contributed by atoms with Gasteiger partial charge in [0.25, 0.3) is 0 Å². The Kier molecular flexibility index (Phi) is 3.67. The topological polar surface area (TPSA) is 116 Å². The summed E-state index contributed by atoms with van der Waals surface area (Å²) in [5.74, 6) is -0.415. The first-order valence-electron chi connectivity index (χ1n) is 4.35. The lowest BCUT2D eigenvalue weighted by molar-refractivity contribution is -0.120. The molecule has 0 fully saturated rings. The molecule has 0 radical (unpaired) electrons. The van der Waals surface area contributed by atoms with Crippen LogP contribution in [-0.4, -0.2) is 27.1 Å². The number of hydrogen-bond acceptors (Lipinski definition) is 4. The van der Waals surface area contributed by atoms with Gasteiger partial charge in [0.05, 0.1) is 12.6 Å². The first kappa shape index (κ1) is 11.0. The van der Waals surface area contributed by atoms with Crippen LogP contribution >= 0.6 is 0 Å². The minimum atomic E-state index is -0.300. The molecule has 1 aromatic heterocycles. The lowest BCUT2D eigenvalue weighted by Gasteiger charge is -2.03. The molecule has 0 aromatic carbocycles. The Hall–Kier alpha value is -2.05. The van der Waals surface area contributed by atoms with E-state index in [1.54, 1.807) is 6.20 Å². The molecule has 0 saturated carbocycles. The van der Waals surface area contributed by atoms with Crippen LogP contribution in [0.5, 0.6) is 0 Å². The lowest BCUT2D eigenvalue weighted by atomic mass is 10.2. The highest BCUT2D eigenvalue weighted by atomic mass is 16.4. The van der Waals surface area contributed by atoms with Gasteiger partial charge < -0.3 is 16.3 Å². The maximum atomic E-state index is 11.2. The van der Waals surface area contributed by atoms with Crippen molar-refractivity contribution in [3.63, 3.8) is 0 Å². The van der Waals surface area contributed by atoms with Crippen molar-refractivity contribution < 1.29 is 10.0 Å². The number of rotatable bonds is 4. The van der Waals surface area contributed by atoms with Gasteiger partial charge in [-0.3, -0.25) is 9.89 Å². The maximum absolute atomic E-state index is 11.2. The number of aryl methyl sites for hydroxylation is 1. The molecule has 0 spiro atoms. The number of H-pyrrole nitrogens is 1. The highest BCUT2D eigenvalue weighted by molar-refractivity contribution is 5.98. The molecule has 0 aliphatic heterocycles. The largest absolute Gasteiger partial charge is 0.409 e. The van der Waals surface area contributed by atoms with Crippen LogP contribution in [0.15, 0.2) is 11.4 Å². The first-order chi connectivity index (χ1) is 7.13. The van der Waals surface area contributed by atoms with Gasteiger partial charge in [-0.25, -0.2) is 0 Å². The van der Waals surface area contributed by atoms with Crippen molar-refractivity contribution in [1.29, 1.82) is 0 Å². The van der Waals surface area contributed by atoms with Crippen molar-refractivity contribution >= 4 is 11.7 Å². The van der Waals surface area contributed by atoms with E-state index in [0.29, 0.717) is 6.54 Å². The quantitative estimate of drug-likeness (QED) is 0.232. The van der Waals surface area contributed by atoms with Crippen molar-refractivity contribution in [2.45, 2.75) is 19.9 Å². The highest BCUT2D eigenvalue weighted by Crippen LogP contribution is 2.01. The molecule has 1 aromatic rings. The Bertz CT molecular complexity index is 371. The normalized spacial score (nSPS) is 11.4. The van der Waals surface area contributed by atoms with Crippen LogP contribution in [0.25, 0.3) is 0 Å². The summed E-state index contributed by atoms with van der Waals surface area (Å²) in [5, 5.41) is 20.1. The fraction of sp³-hybridized carbons (Fsp3) is 0.375. The van der Waals surface area contributed by atoms with Crippen LogP contribution in [-0.2, 0) is 11.3 Å². The molecule has 1 amide bonds. The summed E-state index contributed by atoms with van der Waals surface area (Å²) >= 11 is 0. The molecular weight excluding hydrogens is 198 g/mol. The number of amides is 1. The number of nitrogens with two attached hydrogens (primary N) is 1. The summed E-state index contributed by atoms with van der Waals surface area (Å²) in [6.45, 7) is 2.23. The molecular formula is C8H13N5O2. The van der Waals surface area contributed by atoms with Crippen LogP contribution in [0.2, 0.25) is 0 Å². The molecule has 0 aliphatic carbocycles. The monoisotopic (exact) mass is 211 g/mol. The van der Waals surface area contributed by atoms with Gasteiger partial charge in [-0.05, 0) is 6.92 Å². The van der Waals surface area contributed by atoms with Crippen LogP contribution in [0.4, 0.5) is 0 Å². The SMILES string of the molecule is Cc1[nH]ncc1CNC(=O)C/C(N)=N/O. The molecule has 0 atom stereocenters. The molecule has 82 valence electrons. The van der Waals surface area contributed by atoms with Crippen molar-refractivity contribution in [2.24, 2.45) is 10.9 Å². The Morgan fingerprint density at radius 2 is 2.53 bits per heavy atom. The zero-order valence-electron chi connectivity index (χ0n) is 8.32. The second-order valence-electron chi connectivity index (χ2n) is 3.07. The Balaban J connectivity index is 2.38. The predicted octanol–water partition coefficient (Wildman–Crippen LogP) is -0.529. The summed E-state index contributed by atoms with van der Waals surface area (Å²) in [6, 6.07) is 0. The number of carbonyl (C=O) groups excluding carboxylic acids is 1. The summed E-state index contributed by atoms with van der Waals surface area (Å²) in [7, 11) is 0. The summed E-state index contributed by atoms with van der Waals surface area (Å²) in [5.41, 5.74) is 6.98. The van der Waals surface area contributed by atoms with Gasteiger partial charge in [-0.15, -0.1) is 0 Å². The zero-order valence-corrected chi connectivity index (χ0v) is 8.32. The van der Waals surface area contributed by atoms with E-state index < -0.39 is 0 Å². The second-order valence-corrected chi connectivity index (χ2v) is 3.07. The molecule has 1 rings (SSSR count). The third-order valence-electron chi connectivity index (χ3n) is 1.88. The molecule has 0 saturated heterocycles. The maximum Gasteiger partial charge on any atom is 0.227 e. The summed E-state index contributed by atoms with van der Waals surface area (Å²) in [6.07, 6.45) is 1.52. The third-order valence-corrected chi connectivity index (χ3v) is 1.88. The van der Waals surface area contributed by atoms with E-state index in [2.05, 4.69) is 20.7 Å². The van der Waals surface area contributed by atoms with Crippen molar-refractivity contribution in [2.75, 3.05) is 0 Å². The van der Waals surface area contributed by atoms with E-state index in [0.717, 1.165) is 11.3 Å². The molecule has 0 bridgehead atoms. The minimum absolute atomic E-state index is 0.114. The summed E-state index contributed by atoms with van der Waals surface area (Å²) in [4.78, 5) is 11.2. The van der Waals surface area contributed by atoms with Crippen molar-refractivity contribution in [3.05, 3.63) is 17.5 Å². The standard InChI is InChI=1S/C8H13N5O2/c1-5-6(4-11-12-5)3-10-8(14)2-7(9)13-15/h4,15H,2-3H2,1H3,(H2,9,13)(H,10,14)(H,11,12). The predicted molar refractivity (Wildman–Crippen MR) is 53.2 cm³/mol. The first-order valence-corrected chi connectivity index (χ1v) is 4.35. The number of aromatic amines is 1. The van der Waals surface area contributed by atoms with E-state index in [9.17, 15) is 4.79 Å². The van der Waals surface area contributed by atoms with Gasteiger partial charge in [0.1, 0.15) is 5.84 Å². The van der Waals surface area contributed by atoms with E-state index >= 15 is 0 Å². The van der Waals surface area contributed by atoms with Crippen LogP contribution in [0.3, 0.4) is 0 Å².